The molecule has 1 aromatic carbocycles. The number of furan rings is 1. The Bertz CT molecular complexity index is 717. The van der Waals surface area contributed by atoms with Gasteiger partial charge in [0, 0.05) is 25.6 Å². The van der Waals surface area contributed by atoms with Gasteiger partial charge in [-0.15, -0.1) is 0 Å². The highest BCUT2D eigenvalue weighted by molar-refractivity contribution is 5.95. The van der Waals surface area contributed by atoms with Crippen LogP contribution in [-0.2, 0) is 16.0 Å². The second-order valence-corrected chi connectivity index (χ2v) is 6.13. The van der Waals surface area contributed by atoms with E-state index in [0.717, 1.165) is 31.5 Å². The maximum atomic E-state index is 12.8. The van der Waals surface area contributed by atoms with Gasteiger partial charge in [-0.2, -0.15) is 0 Å². The first kappa shape index (κ1) is 17.0. The Morgan fingerprint density at radius 3 is 2.56 bits per heavy atom. The van der Waals surface area contributed by atoms with Crippen molar-refractivity contribution in [2.45, 2.75) is 25.3 Å². The molecule has 0 radical (unpaired) electrons. The molecule has 1 N–H and O–H groups in total. The summed E-state index contributed by atoms with van der Waals surface area (Å²) >= 11 is 0. The van der Waals surface area contributed by atoms with Crippen molar-refractivity contribution in [3.63, 3.8) is 0 Å². The molecule has 1 saturated heterocycles. The van der Waals surface area contributed by atoms with Crippen molar-refractivity contribution in [3.8, 4) is 0 Å². The number of nitrogens with one attached hydrogen (secondary N) is 1. The van der Waals surface area contributed by atoms with Gasteiger partial charge in [0.15, 0.2) is 0 Å². The maximum absolute atomic E-state index is 12.8. The van der Waals surface area contributed by atoms with Crippen LogP contribution in [0.2, 0.25) is 0 Å². The van der Waals surface area contributed by atoms with Gasteiger partial charge in [0.1, 0.15) is 11.8 Å². The Kier molecular flexibility index (Phi) is 5.67. The summed E-state index contributed by atoms with van der Waals surface area (Å²) in [5.41, 5.74) is 1.02. The Balaban J connectivity index is 1.68. The van der Waals surface area contributed by atoms with Crippen LogP contribution in [0.4, 0.5) is 0 Å². The van der Waals surface area contributed by atoms with E-state index in [9.17, 15) is 9.59 Å². The zero-order chi connectivity index (χ0) is 17.5. The van der Waals surface area contributed by atoms with E-state index in [1.807, 2.05) is 35.2 Å². The molecule has 0 bridgehead atoms. The molecule has 3 rings (SSSR count). The fraction of sp³-hybridized carbons (Fsp3) is 0.300. The minimum Gasteiger partial charge on any atom is -0.465 e. The van der Waals surface area contributed by atoms with E-state index in [0.29, 0.717) is 12.2 Å². The molecule has 25 heavy (non-hydrogen) atoms. The van der Waals surface area contributed by atoms with Crippen LogP contribution < -0.4 is 5.32 Å². The average Bonchev–Trinajstić information content (AvgIpc) is 3.33. The number of benzene rings is 1. The molecule has 0 spiro atoms. The van der Waals surface area contributed by atoms with Gasteiger partial charge in [0.05, 0.1) is 6.26 Å². The third-order valence-electron chi connectivity index (χ3n) is 4.26. The highest BCUT2D eigenvalue weighted by Crippen LogP contribution is 2.12. The number of likely N-dealkylation sites (tertiary alicyclic amines) is 1. The van der Waals surface area contributed by atoms with Crippen molar-refractivity contribution in [1.29, 1.82) is 0 Å². The molecule has 130 valence electrons. The molecule has 0 aliphatic carbocycles. The van der Waals surface area contributed by atoms with Gasteiger partial charge in [-0.1, -0.05) is 30.3 Å². The number of carbonyl (C=O) groups excluding carboxylic acids is 2. The summed E-state index contributed by atoms with van der Waals surface area (Å²) in [6.45, 7) is 1.53. The van der Waals surface area contributed by atoms with Gasteiger partial charge >= 0.3 is 0 Å². The maximum Gasteiger partial charge on any atom is 0.245 e. The van der Waals surface area contributed by atoms with Crippen LogP contribution in [0.25, 0.3) is 6.08 Å². The molecule has 2 heterocycles. The van der Waals surface area contributed by atoms with Gasteiger partial charge in [-0.25, -0.2) is 0 Å². The van der Waals surface area contributed by atoms with Crippen LogP contribution in [0, 0.1) is 0 Å². The van der Waals surface area contributed by atoms with E-state index < -0.39 is 6.04 Å². The lowest BCUT2D eigenvalue weighted by Crippen LogP contribution is -2.48. The molecule has 5 nitrogen and oxygen atoms in total. The van der Waals surface area contributed by atoms with E-state index >= 15 is 0 Å². The zero-order valence-corrected chi connectivity index (χ0v) is 14.1. The molecule has 0 saturated carbocycles. The monoisotopic (exact) mass is 338 g/mol. The van der Waals surface area contributed by atoms with Crippen molar-refractivity contribution >= 4 is 17.9 Å². The quantitative estimate of drug-likeness (QED) is 0.824. The predicted molar refractivity (Wildman–Crippen MR) is 95.6 cm³/mol. The van der Waals surface area contributed by atoms with E-state index in [1.54, 1.807) is 24.5 Å². The number of rotatable bonds is 6. The Morgan fingerprint density at radius 2 is 1.88 bits per heavy atom. The summed E-state index contributed by atoms with van der Waals surface area (Å²) in [7, 11) is 0. The summed E-state index contributed by atoms with van der Waals surface area (Å²) in [4.78, 5) is 26.9. The number of hydrogen-bond acceptors (Lipinski definition) is 3. The minimum absolute atomic E-state index is 0.0129. The smallest absolute Gasteiger partial charge is 0.245 e. The van der Waals surface area contributed by atoms with Crippen LogP contribution >= 0.6 is 0 Å². The normalized spacial score (nSPS) is 15.4. The Hall–Kier alpha value is -2.82. The highest BCUT2D eigenvalue weighted by atomic mass is 16.3. The first-order valence-electron chi connectivity index (χ1n) is 8.57. The lowest BCUT2D eigenvalue weighted by atomic mass is 10.0. The molecule has 2 aromatic rings. The summed E-state index contributed by atoms with van der Waals surface area (Å²) in [6.07, 6.45) is 7.07. The van der Waals surface area contributed by atoms with Crippen LogP contribution in [0.5, 0.6) is 0 Å². The van der Waals surface area contributed by atoms with E-state index in [2.05, 4.69) is 5.32 Å². The number of carbonyl (C=O) groups is 2. The van der Waals surface area contributed by atoms with Crippen molar-refractivity contribution in [1.82, 2.24) is 10.2 Å². The van der Waals surface area contributed by atoms with E-state index in [-0.39, 0.29) is 11.8 Å². The standard InChI is InChI=1S/C20H22N2O3/c23-19(11-10-17-9-6-14-25-17)21-18(15-16-7-2-1-3-8-16)20(24)22-12-4-5-13-22/h1-3,6-11,14,18H,4-5,12-13,15H2,(H,21,23)/b11-10-/t18-/m1/s1. The summed E-state index contributed by atoms with van der Waals surface area (Å²) in [5, 5.41) is 2.85. The van der Waals surface area contributed by atoms with Gasteiger partial charge < -0.3 is 14.6 Å². The van der Waals surface area contributed by atoms with Crippen LogP contribution in [0.1, 0.15) is 24.2 Å². The van der Waals surface area contributed by atoms with E-state index in [4.69, 9.17) is 4.42 Å². The van der Waals surface area contributed by atoms with Gasteiger partial charge in [-0.3, -0.25) is 9.59 Å². The molecular formula is C20H22N2O3. The first-order chi connectivity index (χ1) is 12.2. The topological polar surface area (TPSA) is 62.6 Å². The second-order valence-electron chi connectivity index (χ2n) is 6.13. The predicted octanol–water partition coefficient (Wildman–Crippen LogP) is 2.64. The summed E-state index contributed by atoms with van der Waals surface area (Å²) in [6, 6.07) is 12.7. The Morgan fingerprint density at radius 1 is 1.12 bits per heavy atom. The molecule has 1 atom stereocenters. The van der Waals surface area contributed by atoms with E-state index in [1.165, 1.54) is 6.08 Å². The van der Waals surface area contributed by atoms with Crippen LogP contribution in [0.15, 0.2) is 59.2 Å². The lowest BCUT2D eigenvalue weighted by molar-refractivity contribution is -0.134. The lowest BCUT2D eigenvalue weighted by Gasteiger charge is -2.23. The van der Waals surface area contributed by atoms with Crippen molar-refractivity contribution < 1.29 is 14.0 Å². The number of amides is 2. The molecule has 1 aliphatic heterocycles. The summed E-state index contributed by atoms with van der Waals surface area (Å²) < 4.78 is 5.17. The van der Waals surface area contributed by atoms with Gasteiger partial charge in [0.2, 0.25) is 11.8 Å². The number of nitrogens with zero attached hydrogens (tertiary/aromatic N) is 1. The Labute approximate surface area is 147 Å². The molecule has 1 aromatic heterocycles. The largest absolute Gasteiger partial charge is 0.465 e. The average molecular weight is 338 g/mol. The van der Waals surface area contributed by atoms with Crippen molar-refractivity contribution in [2.75, 3.05) is 13.1 Å². The highest BCUT2D eigenvalue weighted by Gasteiger charge is 2.27. The second kappa shape index (κ2) is 8.33. The third kappa shape index (κ3) is 4.83. The first-order valence-corrected chi connectivity index (χ1v) is 8.57. The van der Waals surface area contributed by atoms with Crippen LogP contribution in [0.3, 0.4) is 0 Å². The SMILES string of the molecule is O=C(/C=C\c1ccco1)N[C@H](Cc1ccccc1)C(=O)N1CCCC1. The molecule has 5 heteroatoms. The minimum atomic E-state index is -0.561. The number of hydrogen-bond donors (Lipinski definition) is 1. The molecule has 1 aliphatic rings. The van der Waals surface area contributed by atoms with Crippen molar-refractivity contribution in [2.24, 2.45) is 0 Å². The molecule has 2 amide bonds. The third-order valence-corrected chi connectivity index (χ3v) is 4.26. The van der Waals surface area contributed by atoms with Gasteiger partial charge in [0.25, 0.3) is 0 Å². The van der Waals surface area contributed by atoms with Crippen molar-refractivity contribution in [3.05, 3.63) is 66.1 Å². The molecular weight excluding hydrogens is 316 g/mol. The van der Waals surface area contributed by atoms with Crippen LogP contribution in [-0.4, -0.2) is 35.8 Å². The molecule has 0 unspecified atom stereocenters. The fourth-order valence-electron chi connectivity index (χ4n) is 2.97. The zero-order valence-electron chi connectivity index (χ0n) is 14.1. The van der Waals surface area contributed by atoms with Gasteiger partial charge in [-0.05, 0) is 36.6 Å². The molecule has 1 fully saturated rings. The summed E-state index contributed by atoms with van der Waals surface area (Å²) in [5.74, 6) is 0.284. The fourth-order valence-corrected chi connectivity index (χ4v) is 2.97.